The van der Waals surface area contributed by atoms with Crippen molar-refractivity contribution in [1.29, 1.82) is 0 Å². The topological polar surface area (TPSA) is 58.6 Å². The zero-order chi connectivity index (χ0) is 11.4. The lowest BCUT2D eigenvalue weighted by molar-refractivity contribution is 0.0599. The molecule has 0 atom stereocenters. The summed E-state index contributed by atoms with van der Waals surface area (Å²) in [6, 6.07) is 2.73. The normalized spacial score (nSPS) is 10.1. The molecule has 0 radical (unpaired) electrons. The zero-order valence-corrected chi connectivity index (χ0v) is 8.50. The number of carbonyl (C=O) groups excluding carboxylic acids is 1. The molecule has 0 aliphatic carbocycles. The Morgan fingerprint density at radius 1 is 1.60 bits per heavy atom. The summed E-state index contributed by atoms with van der Waals surface area (Å²) in [4.78, 5) is 11.3. The Hall–Kier alpha value is -1.46. The van der Waals surface area contributed by atoms with Crippen LogP contribution in [0, 0.1) is 12.7 Å². The molecule has 5 heteroatoms. The first kappa shape index (κ1) is 11.6. The Labute approximate surface area is 86.6 Å². The molecule has 0 saturated heterocycles. The number of hydrogen-bond acceptors (Lipinski definition) is 4. The third-order valence-corrected chi connectivity index (χ3v) is 2.09. The molecular weight excluding hydrogens is 201 g/mol. The second-order valence-electron chi connectivity index (χ2n) is 3.08. The van der Waals surface area contributed by atoms with Gasteiger partial charge in [0.15, 0.2) is 0 Å². The molecule has 4 nitrogen and oxygen atoms in total. The number of nitrogens with one attached hydrogen (secondary N) is 1. The molecule has 1 aromatic carbocycles. The predicted molar refractivity (Wildman–Crippen MR) is 51.1 cm³/mol. The van der Waals surface area contributed by atoms with E-state index in [-0.39, 0.29) is 17.7 Å². The Balaban J connectivity index is 3.18. The quantitative estimate of drug-likeness (QED) is 0.588. The highest BCUT2D eigenvalue weighted by atomic mass is 19.1. The zero-order valence-electron chi connectivity index (χ0n) is 8.50. The summed E-state index contributed by atoms with van der Waals surface area (Å²) in [5, 5.41) is 8.48. The molecule has 0 spiro atoms. The summed E-state index contributed by atoms with van der Waals surface area (Å²) in [5.74, 6) is -1.09. The molecule has 0 unspecified atom stereocenters. The first-order chi connectivity index (χ1) is 7.10. The molecule has 0 bridgehead atoms. The first-order valence-corrected chi connectivity index (χ1v) is 4.34. The molecule has 0 aliphatic heterocycles. The van der Waals surface area contributed by atoms with Crippen molar-refractivity contribution in [2.45, 2.75) is 13.5 Å². The number of hydroxylamine groups is 1. The van der Waals surface area contributed by atoms with Gasteiger partial charge in [0.1, 0.15) is 5.82 Å². The SMILES string of the molecule is COC(=O)c1cc(CNO)cc(F)c1C. The number of rotatable bonds is 3. The number of methoxy groups -OCH3 is 1. The van der Waals surface area contributed by atoms with Crippen LogP contribution in [0.3, 0.4) is 0 Å². The Morgan fingerprint density at radius 2 is 2.27 bits per heavy atom. The summed E-state index contributed by atoms with van der Waals surface area (Å²) in [7, 11) is 1.23. The largest absolute Gasteiger partial charge is 0.465 e. The number of hydrogen-bond donors (Lipinski definition) is 2. The Bertz CT molecular complexity index is 379. The van der Waals surface area contributed by atoms with Crippen molar-refractivity contribution in [3.63, 3.8) is 0 Å². The van der Waals surface area contributed by atoms with Crippen LogP contribution in [0.5, 0.6) is 0 Å². The molecule has 0 aliphatic rings. The highest BCUT2D eigenvalue weighted by molar-refractivity contribution is 5.91. The van der Waals surface area contributed by atoms with Crippen molar-refractivity contribution < 1.29 is 19.1 Å². The smallest absolute Gasteiger partial charge is 0.338 e. The lowest BCUT2D eigenvalue weighted by Crippen LogP contribution is -2.10. The molecular formula is C10H12FNO3. The minimum atomic E-state index is -0.591. The van der Waals surface area contributed by atoms with E-state index in [1.165, 1.54) is 26.2 Å². The molecule has 1 rings (SSSR count). The number of halogens is 1. The summed E-state index contributed by atoms with van der Waals surface area (Å²) in [5.41, 5.74) is 2.78. The number of benzene rings is 1. The van der Waals surface area contributed by atoms with Gasteiger partial charge in [-0.05, 0) is 30.2 Å². The van der Waals surface area contributed by atoms with Gasteiger partial charge in [0.05, 0.1) is 12.7 Å². The standard InChI is InChI=1S/C10H12FNO3/c1-6-8(10(13)15-2)3-7(5-12-14)4-9(6)11/h3-4,12,14H,5H2,1-2H3. The van der Waals surface area contributed by atoms with E-state index >= 15 is 0 Å². The maximum atomic E-state index is 13.3. The van der Waals surface area contributed by atoms with Crippen LogP contribution in [0.2, 0.25) is 0 Å². The fourth-order valence-corrected chi connectivity index (χ4v) is 1.25. The minimum Gasteiger partial charge on any atom is -0.465 e. The van der Waals surface area contributed by atoms with Crippen LogP contribution in [0.15, 0.2) is 12.1 Å². The van der Waals surface area contributed by atoms with Crippen molar-refractivity contribution in [3.8, 4) is 0 Å². The van der Waals surface area contributed by atoms with Crippen LogP contribution in [-0.2, 0) is 11.3 Å². The van der Waals surface area contributed by atoms with Gasteiger partial charge in [-0.25, -0.2) is 14.7 Å². The highest BCUT2D eigenvalue weighted by Crippen LogP contribution is 2.16. The minimum absolute atomic E-state index is 0.0706. The molecule has 0 fully saturated rings. The maximum absolute atomic E-state index is 13.3. The van der Waals surface area contributed by atoms with E-state index in [9.17, 15) is 9.18 Å². The first-order valence-electron chi connectivity index (χ1n) is 4.34. The van der Waals surface area contributed by atoms with Crippen LogP contribution in [0.25, 0.3) is 0 Å². The fraction of sp³-hybridized carbons (Fsp3) is 0.300. The summed E-state index contributed by atoms with van der Waals surface area (Å²) in [6.45, 7) is 1.57. The number of esters is 1. The van der Waals surface area contributed by atoms with Gasteiger partial charge >= 0.3 is 5.97 Å². The van der Waals surface area contributed by atoms with Gasteiger partial charge in [0, 0.05) is 6.54 Å². The van der Waals surface area contributed by atoms with E-state index in [4.69, 9.17) is 5.21 Å². The van der Waals surface area contributed by atoms with Crippen molar-refractivity contribution >= 4 is 5.97 Å². The summed E-state index contributed by atoms with van der Waals surface area (Å²) >= 11 is 0. The molecule has 0 heterocycles. The molecule has 15 heavy (non-hydrogen) atoms. The van der Waals surface area contributed by atoms with Gasteiger partial charge in [-0.15, -0.1) is 0 Å². The molecule has 82 valence electrons. The molecule has 0 aromatic heterocycles. The van der Waals surface area contributed by atoms with Gasteiger partial charge in [-0.3, -0.25) is 0 Å². The lowest BCUT2D eigenvalue weighted by atomic mass is 10.0. The van der Waals surface area contributed by atoms with Crippen molar-refractivity contribution in [2.75, 3.05) is 7.11 Å². The van der Waals surface area contributed by atoms with Gasteiger partial charge < -0.3 is 9.94 Å². The molecule has 0 amide bonds. The maximum Gasteiger partial charge on any atom is 0.338 e. The fourth-order valence-electron chi connectivity index (χ4n) is 1.25. The van der Waals surface area contributed by atoms with Crippen LogP contribution >= 0.6 is 0 Å². The molecule has 0 saturated carbocycles. The summed E-state index contributed by atoms with van der Waals surface area (Å²) in [6.07, 6.45) is 0. The van der Waals surface area contributed by atoms with Crippen LogP contribution in [0.1, 0.15) is 21.5 Å². The van der Waals surface area contributed by atoms with Crippen molar-refractivity contribution in [2.24, 2.45) is 0 Å². The van der Waals surface area contributed by atoms with E-state index in [0.717, 1.165) is 0 Å². The van der Waals surface area contributed by atoms with Crippen LogP contribution in [-0.4, -0.2) is 18.3 Å². The molecule has 1 aromatic rings. The van der Waals surface area contributed by atoms with E-state index in [1.807, 2.05) is 5.48 Å². The number of carbonyl (C=O) groups is 1. The third-order valence-electron chi connectivity index (χ3n) is 2.09. The highest BCUT2D eigenvalue weighted by Gasteiger charge is 2.13. The van der Waals surface area contributed by atoms with E-state index in [2.05, 4.69) is 4.74 Å². The second-order valence-corrected chi connectivity index (χ2v) is 3.08. The van der Waals surface area contributed by atoms with E-state index < -0.39 is 11.8 Å². The third kappa shape index (κ3) is 2.51. The van der Waals surface area contributed by atoms with E-state index in [1.54, 1.807) is 0 Å². The lowest BCUT2D eigenvalue weighted by Gasteiger charge is -2.08. The van der Waals surface area contributed by atoms with Gasteiger partial charge in [-0.1, -0.05) is 0 Å². The summed E-state index contributed by atoms with van der Waals surface area (Å²) < 4.78 is 17.9. The van der Waals surface area contributed by atoms with Crippen LogP contribution in [0.4, 0.5) is 4.39 Å². The van der Waals surface area contributed by atoms with Gasteiger partial charge in [0.25, 0.3) is 0 Å². The van der Waals surface area contributed by atoms with Crippen molar-refractivity contribution in [1.82, 2.24) is 5.48 Å². The Kier molecular flexibility index (Phi) is 3.76. The van der Waals surface area contributed by atoms with Gasteiger partial charge in [-0.2, -0.15) is 0 Å². The average molecular weight is 213 g/mol. The predicted octanol–water partition coefficient (Wildman–Crippen LogP) is 1.40. The second kappa shape index (κ2) is 4.86. The van der Waals surface area contributed by atoms with Gasteiger partial charge in [0.2, 0.25) is 0 Å². The molecule has 2 N–H and O–H groups in total. The monoisotopic (exact) mass is 213 g/mol. The number of ether oxygens (including phenoxy) is 1. The van der Waals surface area contributed by atoms with Crippen LogP contribution < -0.4 is 5.48 Å². The van der Waals surface area contributed by atoms with Crippen molar-refractivity contribution in [3.05, 3.63) is 34.6 Å². The Morgan fingerprint density at radius 3 is 2.80 bits per heavy atom. The average Bonchev–Trinajstić information content (AvgIpc) is 2.22. The van der Waals surface area contributed by atoms with E-state index in [0.29, 0.717) is 5.56 Å².